The second-order valence-electron chi connectivity index (χ2n) is 5.69. The molecule has 1 saturated heterocycles. The molecule has 94 valence electrons. The molecule has 0 radical (unpaired) electrons. The SMILES string of the molecule is Cc1cccc(CN2CC(C)CC(C)C2)c1Br. The number of hydrogen-bond donors (Lipinski definition) is 0. The van der Waals surface area contributed by atoms with Crippen molar-refractivity contribution < 1.29 is 0 Å². The van der Waals surface area contributed by atoms with E-state index in [1.165, 1.54) is 35.1 Å². The number of rotatable bonds is 2. The van der Waals surface area contributed by atoms with Crippen molar-refractivity contribution in [2.75, 3.05) is 13.1 Å². The molecule has 0 saturated carbocycles. The summed E-state index contributed by atoms with van der Waals surface area (Å²) in [6, 6.07) is 6.56. The van der Waals surface area contributed by atoms with Crippen LogP contribution in [0.2, 0.25) is 0 Å². The quantitative estimate of drug-likeness (QED) is 0.789. The molecule has 0 N–H and O–H groups in total. The third kappa shape index (κ3) is 3.32. The highest BCUT2D eigenvalue weighted by Crippen LogP contribution is 2.26. The molecule has 2 unspecified atom stereocenters. The lowest BCUT2D eigenvalue weighted by atomic mass is 9.91. The van der Waals surface area contributed by atoms with Crippen LogP contribution in [0.15, 0.2) is 22.7 Å². The standard InChI is InChI=1S/C15H22BrN/c1-11-7-12(2)9-17(8-11)10-14-6-4-5-13(3)15(14)16/h4-6,11-12H,7-10H2,1-3H3. The van der Waals surface area contributed by atoms with Gasteiger partial charge in [0, 0.05) is 24.1 Å². The molecule has 2 atom stereocenters. The van der Waals surface area contributed by atoms with Crippen LogP contribution in [0.5, 0.6) is 0 Å². The molecule has 1 fully saturated rings. The summed E-state index contributed by atoms with van der Waals surface area (Å²) < 4.78 is 1.28. The lowest BCUT2D eigenvalue weighted by molar-refractivity contribution is 0.134. The van der Waals surface area contributed by atoms with Crippen LogP contribution in [0, 0.1) is 18.8 Å². The van der Waals surface area contributed by atoms with Crippen LogP contribution < -0.4 is 0 Å². The van der Waals surface area contributed by atoms with Crippen molar-refractivity contribution in [3.8, 4) is 0 Å². The van der Waals surface area contributed by atoms with Gasteiger partial charge in [0.05, 0.1) is 0 Å². The second kappa shape index (κ2) is 5.53. The fourth-order valence-corrected chi connectivity index (χ4v) is 3.38. The maximum Gasteiger partial charge on any atom is 0.0249 e. The van der Waals surface area contributed by atoms with Gasteiger partial charge in [0.15, 0.2) is 0 Å². The molecule has 2 rings (SSSR count). The molecule has 2 heteroatoms. The number of piperidine rings is 1. The Labute approximate surface area is 113 Å². The monoisotopic (exact) mass is 295 g/mol. The van der Waals surface area contributed by atoms with E-state index in [1.807, 2.05) is 0 Å². The van der Waals surface area contributed by atoms with Crippen molar-refractivity contribution in [2.45, 2.75) is 33.7 Å². The summed E-state index contributed by atoms with van der Waals surface area (Å²) in [7, 11) is 0. The van der Waals surface area contributed by atoms with E-state index >= 15 is 0 Å². The Hall–Kier alpha value is -0.340. The predicted molar refractivity (Wildman–Crippen MR) is 77.1 cm³/mol. The topological polar surface area (TPSA) is 3.24 Å². The highest BCUT2D eigenvalue weighted by atomic mass is 79.9. The molecule has 0 bridgehead atoms. The normalized spacial score (nSPS) is 26.1. The minimum Gasteiger partial charge on any atom is -0.299 e. The molecule has 0 aromatic heterocycles. The molecule has 1 nitrogen and oxygen atoms in total. The van der Waals surface area contributed by atoms with Crippen molar-refractivity contribution in [1.82, 2.24) is 4.90 Å². The van der Waals surface area contributed by atoms with E-state index < -0.39 is 0 Å². The smallest absolute Gasteiger partial charge is 0.0249 e. The van der Waals surface area contributed by atoms with Crippen molar-refractivity contribution in [2.24, 2.45) is 11.8 Å². The van der Waals surface area contributed by atoms with Crippen molar-refractivity contribution >= 4 is 15.9 Å². The molecule has 0 spiro atoms. The molecular formula is C15H22BrN. The fourth-order valence-electron chi connectivity index (χ4n) is 2.99. The molecule has 0 amide bonds. The van der Waals surface area contributed by atoms with E-state index in [0.29, 0.717) is 0 Å². The Morgan fingerprint density at radius 2 is 1.88 bits per heavy atom. The largest absolute Gasteiger partial charge is 0.299 e. The Morgan fingerprint density at radius 1 is 1.24 bits per heavy atom. The van der Waals surface area contributed by atoms with E-state index in [0.717, 1.165) is 18.4 Å². The Morgan fingerprint density at radius 3 is 2.53 bits per heavy atom. The van der Waals surface area contributed by atoms with Crippen LogP contribution in [0.3, 0.4) is 0 Å². The number of hydrogen-bond acceptors (Lipinski definition) is 1. The van der Waals surface area contributed by atoms with Gasteiger partial charge in [-0.15, -0.1) is 0 Å². The first kappa shape index (κ1) is 13.1. The zero-order chi connectivity index (χ0) is 12.4. The van der Waals surface area contributed by atoms with Crippen LogP contribution in [0.1, 0.15) is 31.4 Å². The summed E-state index contributed by atoms with van der Waals surface area (Å²) in [6.07, 6.45) is 1.38. The lowest BCUT2D eigenvalue weighted by Gasteiger charge is -2.35. The van der Waals surface area contributed by atoms with Crippen LogP contribution in [0.25, 0.3) is 0 Å². The maximum atomic E-state index is 3.71. The van der Waals surface area contributed by atoms with Gasteiger partial charge in [0.2, 0.25) is 0 Å². The number of aryl methyl sites for hydroxylation is 1. The van der Waals surface area contributed by atoms with Crippen molar-refractivity contribution in [1.29, 1.82) is 0 Å². The van der Waals surface area contributed by atoms with Gasteiger partial charge in [-0.1, -0.05) is 48.0 Å². The van der Waals surface area contributed by atoms with Gasteiger partial charge in [-0.3, -0.25) is 4.90 Å². The summed E-state index contributed by atoms with van der Waals surface area (Å²) in [5, 5.41) is 0. The average Bonchev–Trinajstić information content (AvgIpc) is 2.23. The predicted octanol–water partition coefficient (Wildman–Crippen LogP) is 4.24. The van der Waals surface area contributed by atoms with E-state index in [4.69, 9.17) is 0 Å². The Balaban J connectivity index is 2.07. The average molecular weight is 296 g/mol. The van der Waals surface area contributed by atoms with E-state index in [9.17, 15) is 0 Å². The first-order valence-electron chi connectivity index (χ1n) is 6.52. The number of benzene rings is 1. The van der Waals surface area contributed by atoms with Crippen molar-refractivity contribution in [3.05, 3.63) is 33.8 Å². The third-order valence-corrected chi connectivity index (χ3v) is 4.74. The highest BCUT2D eigenvalue weighted by Gasteiger charge is 2.22. The molecule has 1 aliphatic heterocycles. The molecule has 17 heavy (non-hydrogen) atoms. The fraction of sp³-hybridized carbons (Fsp3) is 0.600. The molecule has 1 aromatic rings. The van der Waals surface area contributed by atoms with E-state index in [-0.39, 0.29) is 0 Å². The van der Waals surface area contributed by atoms with Crippen LogP contribution in [-0.2, 0) is 6.54 Å². The van der Waals surface area contributed by atoms with Gasteiger partial charge < -0.3 is 0 Å². The summed E-state index contributed by atoms with van der Waals surface area (Å²) >= 11 is 3.71. The first-order valence-corrected chi connectivity index (χ1v) is 7.32. The van der Waals surface area contributed by atoms with Crippen LogP contribution in [0.4, 0.5) is 0 Å². The minimum absolute atomic E-state index is 0.835. The Kier molecular flexibility index (Phi) is 4.26. The molecule has 1 heterocycles. The van der Waals surface area contributed by atoms with Gasteiger partial charge >= 0.3 is 0 Å². The highest BCUT2D eigenvalue weighted by molar-refractivity contribution is 9.10. The summed E-state index contributed by atoms with van der Waals surface area (Å²) in [6.45, 7) is 10.5. The van der Waals surface area contributed by atoms with Gasteiger partial charge in [-0.25, -0.2) is 0 Å². The van der Waals surface area contributed by atoms with E-state index in [2.05, 4.69) is 59.8 Å². The lowest BCUT2D eigenvalue weighted by Crippen LogP contribution is -2.38. The number of likely N-dealkylation sites (tertiary alicyclic amines) is 1. The van der Waals surface area contributed by atoms with Crippen LogP contribution >= 0.6 is 15.9 Å². The molecule has 1 aromatic carbocycles. The summed E-state index contributed by atoms with van der Waals surface area (Å²) in [4.78, 5) is 2.60. The number of halogens is 1. The summed E-state index contributed by atoms with van der Waals surface area (Å²) in [5.74, 6) is 1.67. The van der Waals surface area contributed by atoms with Crippen LogP contribution in [-0.4, -0.2) is 18.0 Å². The third-order valence-electron chi connectivity index (χ3n) is 3.61. The van der Waals surface area contributed by atoms with Gasteiger partial charge in [-0.05, 0) is 36.3 Å². The van der Waals surface area contributed by atoms with E-state index in [1.54, 1.807) is 0 Å². The van der Waals surface area contributed by atoms with Gasteiger partial charge in [-0.2, -0.15) is 0 Å². The van der Waals surface area contributed by atoms with Gasteiger partial charge in [0.1, 0.15) is 0 Å². The second-order valence-corrected chi connectivity index (χ2v) is 6.48. The zero-order valence-corrected chi connectivity index (χ0v) is 12.6. The summed E-state index contributed by atoms with van der Waals surface area (Å²) in [5.41, 5.74) is 2.76. The molecule has 1 aliphatic rings. The Bertz CT molecular complexity index is 379. The molecular weight excluding hydrogens is 274 g/mol. The van der Waals surface area contributed by atoms with Crippen molar-refractivity contribution in [3.63, 3.8) is 0 Å². The maximum absolute atomic E-state index is 3.71. The zero-order valence-electron chi connectivity index (χ0n) is 11.0. The molecule has 0 aliphatic carbocycles. The van der Waals surface area contributed by atoms with Gasteiger partial charge in [0.25, 0.3) is 0 Å². The number of nitrogens with zero attached hydrogens (tertiary/aromatic N) is 1. The minimum atomic E-state index is 0.835. The first-order chi connectivity index (χ1) is 8.06.